The highest BCUT2D eigenvalue weighted by Crippen LogP contribution is 2.00. The first-order chi connectivity index (χ1) is 6.11. The Balaban J connectivity index is 2.59. The highest BCUT2D eigenvalue weighted by atomic mass is 16.2. The van der Waals surface area contributed by atoms with E-state index in [0.29, 0.717) is 5.69 Å². The normalized spacial score (nSPS) is 9.38. The van der Waals surface area contributed by atoms with E-state index in [9.17, 15) is 9.59 Å². The first-order valence-corrected chi connectivity index (χ1v) is 3.68. The molecule has 0 aromatic carbocycles. The number of H-pyrrole nitrogens is 1. The molecule has 0 atom stereocenters. The molecule has 1 heterocycles. The van der Waals surface area contributed by atoms with Gasteiger partial charge in [0, 0.05) is 6.92 Å². The van der Waals surface area contributed by atoms with Gasteiger partial charge in [-0.25, -0.2) is 0 Å². The molecule has 0 aliphatic heterocycles. The number of hydrogen-bond donors (Lipinski definition) is 3. The van der Waals surface area contributed by atoms with Crippen LogP contribution in [0.25, 0.3) is 0 Å². The summed E-state index contributed by atoms with van der Waals surface area (Å²) in [5.74, 6) is -0.740. The van der Waals surface area contributed by atoms with Crippen molar-refractivity contribution in [1.82, 2.24) is 21.0 Å². The molecule has 0 aliphatic carbocycles. The van der Waals surface area contributed by atoms with Crippen molar-refractivity contribution in [3.8, 4) is 0 Å². The molecule has 13 heavy (non-hydrogen) atoms. The number of hydrogen-bond acceptors (Lipinski definition) is 3. The summed E-state index contributed by atoms with van der Waals surface area (Å²) in [7, 11) is 0. The molecule has 0 aliphatic rings. The van der Waals surface area contributed by atoms with Gasteiger partial charge in [-0.2, -0.15) is 5.10 Å². The largest absolute Gasteiger partial charge is 0.287 e. The lowest BCUT2D eigenvalue weighted by Crippen LogP contribution is -2.40. The van der Waals surface area contributed by atoms with Crippen LogP contribution in [0.2, 0.25) is 0 Å². The molecule has 70 valence electrons. The number of aromatic nitrogens is 2. The number of carbonyl (C=O) groups excluding carboxylic acids is 2. The van der Waals surface area contributed by atoms with Crippen LogP contribution in [0.15, 0.2) is 6.20 Å². The highest BCUT2D eigenvalue weighted by molar-refractivity contribution is 5.94. The van der Waals surface area contributed by atoms with E-state index >= 15 is 0 Å². The second kappa shape index (κ2) is 3.70. The maximum absolute atomic E-state index is 11.2. The summed E-state index contributed by atoms with van der Waals surface area (Å²) in [5, 5.41) is 6.19. The molecule has 6 nitrogen and oxygen atoms in total. The van der Waals surface area contributed by atoms with Crippen molar-refractivity contribution in [2.24, 2.45) is 0 Å². The topological polar surface area (TPSA) is 86.9 Å². The smallest absolute Gasteiger partial charge is 0.274 e. The average molecular weight is 182 g/mol. The molecule has 1 aromatic rings. The number of aromatic amines is 1. The second-order valence-corrected chi connectivity index (χ2v) is 2.56. The van der Waals surface area contributed by atoms with E-state index in [4.69, 9.17) is 0 Å². The summed E-state index contributed by atoms with van der Waals surface area (Å²) in [6.45, 7) is 3.05. The Hall–Kier alpha value is -1.85. The van der Waals surface area contributed by atoms with Crippen LogP contribution in [0.4, 0.5) is 0 Å². The van der Waals surface area contributed by atoms with Crippen LogP contribution in [0.5, 0.6) is 0 Å². The molecule has 0 bridgehead atoms. The average Bonchev–Trinajstić information content (AvgIpc) is 2.47. The number of hydrazine groups is 1. The van der Waals surface area contributed by atoms with Gasteiger partial charge in [0.15, 0.2) is 0 Å². The highest BCUT2D eigenvalue weighted by Gasteiger charge is 2.09. The van der Waals surface area contributed by atoms with Gasteiger partial charge >= 0.3 is 0 Å². The van der Waals surface area contributed by atoms with E-state index in [1.54, 1.807) is 6.92 Å². The quantitative estimate of drug-likeness (QED) is 0.511. The zero-order chi connectivity index (χ0) is 9.84. The van der Waals surface area contributed by atoms with Crippen molar-refractivity contribution in [2.45, 2.75) is 13.8 Å². The van der Waals surface area contributed by atoms with E-state index in [1.807, 2.05) is 0 Å². The van der Waals surface area contributed by atoms with Crippen LogP contribution in [0.1, 0.15) is 23.0 Å². The minimum atomic E-state index is -0.412. The molecule has 1 rings (SSSR count). The van der Waals surface area contributed by atoms with Crippen LogP contribution in [0.3, 0.4) is 0 Å². The third-order valence-corrected chi connectivity index (χ3v) is 1.41. The lowest BCUT2D eigenvalue weighted by Gasteiger charge is -2.02. The number of rotatable bonds is 1. The predicted molar refractivity (Wildman–Crippen MR) is 44.6 cm³/mol. The van der Waals surface area contributed by atoms with Gasteiger partial charge in [0.1, 0.15) is 5.69 Å². The van der Waals surface area contributed by atoms with Crippen molar-refractivity contribution in [3.05, 3.63) is 17.5 Å². The number of nitrogens with one attached hydrogen (secondary N) is 3. The van der Waals surface area contributed by atoms with E-state index in [-0.39, 0.29) is 5.91 Å². The van der Waals surface area contributed by atoms with E-state index in [2.05, 4.69) is 21.0 Å². The molecule has 0 radical (unpaired) electrons. The summed E-state index contributed by atoms with van der Waals surface area (Å²) in [6.07, 6.45) is 1.53. The predicted octanol–water partition coefficient (Wildman–Crippen LogP) is -0.501. The third kappa shape index (κ3) is 2.29. The van der Waals surface area contributed by atoms with Crippen molar-refractivity contribution < 1.29 is 9.59 Å². The van der Waals surface area contributed by atoms with E-state index in [1.165, 1.54) is 13.1 Å². The fraction of sp³-hybridized carbons (Fsp3) is 0.286. The molecule has 2 amide bonds. The molecule has 0 saturated heterocycles. The van der Waals surface area contributed by atoms with Crippen LogP contribution in [0, 0.1) is 6.92 Å². The molecule has 0 spiro atoms. The number of aryl methyl sites for hydroxylation is 1. The summed E-state index contributed by atoms with van der Waals surface area (Å²) >= 11 is 0. The van der Waals surface area contributed by atoms with Gasteiger partial charge in [-0.1, -0.05) is 0 Å². The maximum Gasteiger partial charge on any atom is 0.287 e. The minimum absolute atomic E-state index is 0.328. The fourth-order valence-corrected chi connectivity index (χ4v) is 0.784. The summed E-state index contributed by atoms with van der Waals surface area (Å²) < 4.78 is 0. The zero-order valence-electron chi connectivity index (χ0n) is 7.34. The van der Waals surface area contributed by atoms with Gasteiger partial charge in [0.2, 0.25) is 5.91 Å². The van der Waals surface area contributed by atoms with Crippen molar-refractivity contribution in [3.63, 3.8) is 0 Å². The molecule has 0 unspecified atom stereocenters. The third-order valence-electron chi connectivity index (χ3n) is 1.41. The summed E-state index contributed by atoms with van der Waals surface area (Å²) in [4.78, 5) is 21.7. The van der Waals surface area contributed by atoms with Crippen molar-refractivity contribution >= 4 is 11.8 Å². The second-order valence-electron chi connectivity index (χ2n) is 2.56. The first kappa shape index (κ1) is 9.24. The lowest BCUT2D eigenvalue weighted by atomic mass is 10.3. The minimum Gasteiger partial charge on any atom is -0.274 e. The van der Waals surface area contributed by atoms with Gasteiger partial charge < -0.3 is 0 Å². The fourth-order valence-electron chi connectivity index (χ4n) is 0.784. The van der Waals surface area contributed by atoms with Crippen LogP contribution >= 0.6 is 0 Å². The summed E-state index contributed by atoms with van der Waals surface area (Å²) in [6, 6.07) is 0. The molecule has 3 N–H and O–H groups in total. The van der Waals surface area contributed by atoms with E-state index < -0.39 is 5.91 Å². The van der Waals surface area contributed by atoms with Gasteiger partial charge in [-0.15, -0.1) is 0 Å². The Kier molecular flexibility index (Phi) is 2.63. The van der Waals surface area contributed by atoms with Gasteiger partial charge in [0.25, 0.3) is 5.91 Å². The number of nitrogens with zero attached hydrogens (tertiary/aromatic N) is 1. The Labute approximate surface area is 74.7 Å². The monoisotopic (exact) mass is 182 g/mol. The first-order valence-electron chi connectivity index (χ1n) is 3.68. The van der Waals surface area contributed by atoms with Crippen LogP contribution in [-0.2, 0) is 4.79 Å². The van der Waals surface area contributed by atoms with E-state index in [0.717, 1.165) is 5.56 Å². The Bertz CT molecular complexity index is 331. The summed E-state index contributed by atoms with van der Waals surface area (Å²) in [5.41, 5.74) is 5.46. The van der Waals surface area contributed by atoms with Gasteiger partial charge in [-0.3, -0.25) is 25.5 Å². The molecule has 0 saturated carbocycles. The van der Waals surface area contributed by atoms with Crippen LogP contribution in [-0.4, -0.2) is 22.0 Å². The SMILES string of the molecule is CC(=O)NNC(=O)c1[nH]ncc1C. The molecule has 0 fully saturated rings. The molecular formula is C7H10N4O2. The standard InChI is InChI=1S/C7H10N4O2/c1-4-3-8-10-6(4)7(13)11-9-5(2)12/h3H,1-2H3,(H,8,10)(H,9,12)(H,11,13). The van der Waals surface area contributed by atoms with Crippen LogP contribution < -0.4 is 10.9 Å². The van der Waals surface area contributed by atoms with Crippen molar-refractivity contribution in [1.29, 1.82) is 0 Å². The Morgan fingerprint density at radius 3 is 2.62 bits per heavy atom. The van der Waals surface area contributed by atoms with Crippen molar-refractivity contribution in [2.75, 3.05) is 0 Å². The Morgan fingerprint density at radius 2 is 2.15 bits per heavy atom. The lowest BCUT2D eigenvalue weighted by molar-refractivity contribution is -0.119. The van der Waals surface area contributed by atoms with Gasteiger partial charge in [0.05, 0.1) is 6.20 Å². The Morgan fingerprint density at radius 1 is 1.46 bits per heavy atom. The number of carbonyl (C=O) groups is 2. The van der Waals surface area contributed by atoms with Gasteiger partial charge in [-0.05, 0) is 12.5 Å². The zero-order valence-corrected chi connectivity index (χ0v) is 7.34. The number of amides is 2. The maximum atomic E-state index is 11.2. The molecule has 6 heteroatoms. The molecular weight excluding hydrogens is 172 g/mol. The molecule has 1 aromatic heterocycles.